The smallest absolute Gasteiger partial charge is 0.278 e. The fourth-order valence-corrected chi connectivity index (χ4v) is 4.87. The number of methoxy groups -OCH3 is 2. The van der Waals surface area contributed by atoms with E-state index in [1.165, 1.54) is 12.8 Å². The molecule has 6 nitrogen and oxygen atoms in total. The van der Waals surface area contributed by atoms with Crippen molar-refractivity contribution in [2.75, 3.05) is 27.3 Å². The van der Waals surface area contributed by atoms with Gasteiger partial charge in [0.2, 0.25) is 0 Å². The van der Waals surface area contributed by atoms with Crippen molar-refractivity contribution in [3.05, 3.63) is 29.5 Å². The molecule has 0 N–H and O–H groups in total. The van der Waals surface area contributed by atoms with E-state index in [9.17, 15) is 9.59 Å². The Morgan fingerprint density at radius 2 is 1.48 bits per heavy atom. The number of piperidine rings is 1. The SMILES string of the molecule is COc1ccc(C2=C(N3CCCCC3)C(=O)N(C3CCCCC3)C2=O)cc1OC. The molecule has 1 aromatic rings. The van der Waals surface area contributed by atoms with Crippen molar-refractivity contribution >= 4 is 17.4 Å². The van der Waals surface area contributed by atoms with E-state index in [1.54, 1.807) is 25.2 Å². The molecule has 1 saturated heterocycles. The largest absolute Gasteiger partial charge is 0.493 e. The van der Waals surface area contributed by atoms with E-state index in [0.29, 0.717) is 22.8 Å². The van der Waals surface area contributed by atoms with Crippen molar-refractivity contribution in [2.24, 2.45) is 0 Å². The predicted molar refractivity (Wildman–Crippen MR) is 111 cm³/mol. The fraction of sp³-hybridized carbons (Fsp3) is 0.565. The minimum Gasteiger partial charge on any atom is -0.493 e. The van der Waals surface area contributed by atoms with Gasteiger partial charge in [0.25, 0.3) is 11.8 Å². The van der Waals surface area contributed by atoms with Crippen molar-refractivity contribution < 1.29 is 19.1 Å². The summed E-state index contributed by atoms with van der Waals surface area (Å²) < 4.78 is 10.8. The molecule has 2 heterocycles. The highest BCUT2D eigenvalue weighted by Gasteiger charge is 2.45. The molecule has 0 atom stereocenters. The zero-order valence-electron chi connectivity index (χ0n) is 17.4. The summed E-state index contributed by atoms with van der Waals surface area (Å²) in [5, 5.41) is 0. The molecule has 4 rings (SSSR count). The molecule has 0 unspecified atom stereocenters. The lowest BCUT2D eigenvalue weighted by atomic mass is 9.94. The maximum Gasteiger partial charge on any atom is 0.278 e. The van der Waals surface area contributed by atoms with Crippen LogP contribution in [0.5, 0.6) is 11.5 Å². The first-order valence-electron chi connectivity index (χ1n) is 10.7. The molecular weight excluding hydrogens is 368 g/mol. The molecule has 2 amide bonds. The molecule has 1 saturated carbocycles. The van der Waals surface area contributed by atoms with Crippen LogP contribution in [-0.2, 0) is 9.59 Å². The maximum absolute atomic E-state index is 13.6. The van der Waals surface area contributed by atoms with Gasteiger partial charge in [-0.05, 0) is 49.8 Å². The Balaban J connectivity index is 1.78. The summed E-state index contributed by atoms with van der Waals surface area (Å²) in [5.41, 5.74) is 1.82. The first-order valence-corrected chi connectivity index (χ1v) is 10.7. The molecule has 2 fully saturated rings. The summed E-state index contributed by atoms with van der Waals surface area (Å²) in [7, 11) is 3.17. The van der Waals surface area contributed by atoms with Crippen LogP contribution in [0.3, 0.4) is 0 Å². The Morgan fingerprint density at radius 1 is 0.828 bits per heavy atom. The number of carbonyl (C=O) groups excluding carboxylic acids is 2. The average Bonchev–Trinajstić information content (AvgIpc) is 3.04. The van der Waals surface area contributed by atoms with Gasteiger partial charge in [-0.3, -0.25) is 14.5 Å². The van der Waals surface area contributed by atoms with Gasteiger partial charge in [0.15, 0.2) is 11.5 Å². The molecular formula is C23H30N2O4. The summed E-state index contributed by atoms with van der Waals surface area (Å²) >= 11 is 0. The fourth-order valence-electron chi connectivity index (χ4n) is 4.87. The van der Waals surface area contributed by atoms with Gasteiger partial charge in [0.1, 0.15) is 5.70 Å². The highest BCUT2D eigenvalue weighted by atomic mass is 16.5. The van der Waals surface area contributed by atoms with E-state index in [1.807, 2.05) is 12.1 Å². The lowest BCUT2D eigenvalue weighted by Crippen LogP contribution is -2.44. The zero-order valence-corrected chi connectivity index (χ0v) is 17.4. The third-order valence-electron chi connectivity index (χ3n) is 6.38. The average molecular weight is 399 g/mol. The van der Waals surface area contributed by atoms with E-state index in [0.717, 1.165) is 57.2 Å². The first kappa shape index (κ1) is 19.8. The summed E-state index contributed by atoms with van der Waals surface area (Å²) in [6.07, 6.45) is 8.42. The van der Waals surface area contributed by atoms with Crippen molar-refractivity contribution in [2.45, 2.75) is 57.4 Å². The number of likely N-dealkylation sites (tertiary alicyclic amines) is 1. The Labute approximate surface area is 172 Å². The summed E-state index contributed by atoms with van der Waals surface area (Å²) in [6.45, 7) is 1.65. The lowest BCUT2D eigenvalue weighted by molar-refractivity contribution is -0.141. The second-order valence-corrected chi connectivity index (χ2v) is 8.11. The minimum atomic E-state index is -0.158. The molecule has 1 aliphatic carbocycles. The highest BCUT2D eigenvalue weighted by Crippen LogP contribution is 2.39. The van der Waals surface area contributed by atoms with Crippen molar-refractivity contribution in [3.8, 4) is 11.5 Å². The standard InChI is InChI=1S/C23H30N2O4/c1-28-18-12-11-16(15-19(18)29-2)20-21(24-13-7-4-8-14-24)23(27)25(22(20)26)17-9-5-3-6-10-17/h11-12,15,17H,3-10,13-14H2,1-2H3. The number of benzene rings is 1. The molecule has 2 aliphatic heterocycles. The molecule has 29 heavy (non-hydrogen) atoms. The molecule has 6 heteroatoms. The molecule has 1 aromatic carbocycles. The van der Waals surface area contributed by atoms with Crippen LogP contribution >= 0.6 is 0 Å². The van der Waals surface area contributed by atoms with Crippen LogP contribution in [-0.4, -0.2) is 55.0 Å². The Bertz CT molecular complexity index is 820. The maximum atomic E-state index is 13.6. The first-order chi connectivity index (χ1) is 14.2. The van der Waals surface area contributed by atoms with E-state index >= 15 is 0 Å². The summed E-state index contributed by atoms with van der Waals surface area (Å²) in [6, 6.07) is 5.49. The highest BCUT2D eigenvalue weighted by molar-refractivity contribution is 6.35. The van der Waals surface area contributed by atoms with Crippen molar-refractivity contribution in [1.82, 2.24) is 9.80 Å². The van der Waals surface area contributed by atoms with Gasteiger partial charge < -0.3 is 14.4 Å². The summed E-state index contributed by atoms with van der Waals surface area (Å²) in [4.78, 5) is 30.8. The van der Waals surface area contributed by atoms with E-state index in [-0.39, 0.29) is 17.9 Å². The van der Waals surface area contributed by atoms with Crippen LogP contribution in [0.15, 0.2) is 23.9 Å². The van der Waals surface area contributed by atoms with Crippen LogP contribution in [0.2, 0.25) is 0 Å². The lowest BCUT2D eigenvalue weighted by Gasteiger charge is -2.32. The third-order valence-corrected chi connectivity index (χ3v) is 6.38. The molecule has 0 bridgehead atoms. The molecule has 156 valence electrons. The Kier molecular flexibility index (Phi) is 5.79. The van der Waals surface area contributed by atoms with Crippen LogP contribution in [0.4, 0.5) is 0 Å². The van der Waals surface area contributed by atoms with Gasteiger partial charge in [-0.25, -0.2) is 0 Å². The van der Waals surface area contributed by atoms with Crippen LogP contribution in [0, 0.1) is 0 Å². The molecule has 0 radical (unpaired) electrons. The van der Waals surface area contributed by atoms with Gasteiger partial charge >= 0.3 is 0 Å². The minimum absolute atomic E-state index is 0.0150. The van der Waals surface area contributed by atoms with Crippen molar-refractivity contribution in [3.63, 3.8) is 0 Å². The van der Waals surface area contributed by atoms with Crippen LogP contribution < -0.4 is 9.47 Å². The van der Waals surface area contributed by atoms with E-state index in [2.05, 4.69) is 4.90 Å². The van der Waals surface area contributed by atoms with E-state index < -0.39 is 0 Å². The number of amides is 2. The second kappa shape index (κ2) is 8.47. The molecule has 3 aliphatic rings. The topological polar surface area (TPSA) is 59.1 Å². The quantitative estimate of drug-likeness (QED) is 0.710. The number of nitrogens with zero attached hydrogens (tertiary/aromatic N) is 2. The second-order valence-electron chi connectivity index (χ2n) is 8.11. The van der Waals surface area contributed by atoms with Gasteiger partial charge in [-0.1, -0.05) is 25.3 Å². The van der Waals surface area contributed by atoms with Gasteiger partial charge in [0.05, 0.1) is 19.8 Å². The Hall–Kier alpha value is -2.50. The number of hydrogen-bond donors (Lipinski definition) is 0. The zero-order chi connectivity index (χ0) is 20.4. The molecule has 0 aromatic heterocycles. The monoisotopic (exact) mass is 398 g/mol. The number of carbonyl (C=O) groups is 2. The van der Waals surface area contributed by atoms with Gasteiger partial charge in [-0.15, -0.1) is 0 Å². The Morgan fingerprint density at radius 3 is 2.14 bits per heavy atom. The van der Waals surface area contributed by atoms with Gasteiger partial charge in [0, 0.05) is 19.1 Å². The van der Waals surface area contributed by atoms with Crippen molar-refractivity contribution in [1.29, 1.82) is 0 Å². The normalized spacial score (nSPS) is 21.2. The van der Waals surface area contributed by atoms with Crippen LogP contribution in [0.1, 0.15) is 56.9 Å². The van der Waals surface area contributed by atoms with Crippen LogP contribution in [0.25, 0.3) is 5.57 Å². The third kappa shape index (κ3) is 3.61. The van der Waals surface area contributed by atoms with E-state index in [4.69, 9.17) is 9.47 Å². The number of imide groups is 1. The number of rotatable bonds is 5. The summed E-state index contributed by atoms with van der Waals surface area (Å²) in [5.74, 6) is 0.896. The number of ether oxygens (including phenoxy) is 2. The number of hydrogen-bond acceptors (Lipinski definition) is 5. The predicted octanol–water partition coefficient (Wildman–Crippen LogP) is 3.60. The molecule has 0 spiro atoms. The van der Waals surface area contributed by atoms with Gasteiger partial charge in [-0.2, -0.15) is 0 Å².